The molecule has 0 bridgehead atoms. The molecule has 35 heavy (non-hydrogen) atoms. The van der Waals surface area contributed by atoms with E-state index in [0.29, 0.717) is 18.1 Å². The molecule has 0 spiro atoms. The molecule has 9 heteroatoms. The third kappa shape index (κ3) is 4.80. The Hall–Kier alpha value is -4.01. The zero-order valence-electron chi connectivity index (χ0n) is 18.9. The highest BCUT2D eigenvalue weighted by atomic mass is 19.4. The minimum atomic E-state index is -4.56. The monoisotopic (exact) mass is 485 g/mol. The van der Waals surface area contributed by atoms with Gasteiger partial charge in [0, 0.05) is 12.1 Å². The van der Waals surface area contributed by atoms with Crippen molar-refractivity contribution in [2.75, 3.05) is 6.61 Å². The lowest BCUT2D eigenvalue weighted by Crippen LogP contribution is -2.29. The fraction of sp³-hybridized carbons (Fsp3) is 0.231. The predicted molar refractivity (Wildman–Crippen MR) is 120 cm³/mol. The molecular weight excluding hydrogens is 463 g/mol. The van der Waals surface area contributed by atoms with Crippen molar-refractivity contribution in [3.8, 4) is 5.75 Å². The number of benzene rings is 2. The van der Waals surface area contributed by atoms with Crippen LogP contribution >= 0.6 is 0 Å². The van der Waals surface area contributed by atoms with Gasteiger partial charge in [-0.2, -0.15) is 13.2 Å². The van der Waals surface area contributed by atoms with Crippen LogP contribution in [0.15, 0.2) is 70.7 Å². The molecule has 0 saturated carbocycles. The van der Waals surface area contributed by atoms with Crippen molar-refractivity contribution in [1.82, 2.24) is 4.90 Å². The van der Waals surface area contributed by atoms with Crippen LogP contribution in [0.2, 0.25) is 0 Å². The highest BCUT2D eigenvalue weighted by molar-refractivity contribution is 6.46. The molecule has 1 aromatic heterocycles. The van der Waals surface area contributed by atoms with E-state index in [0.717, 1.165) is 17.0 Å². The number of aryl methyl sites for hydroxylation is 1. The van der Waals surface area contributed by atoms with Crippen molar-refractivity contribution in [1.29, 1.82) is 0 Å². The van der Waals surface area contributed by atoms with Gasteiger partial charge in [0.05, 0.1) is 17.7 Å². The molecule has 4 rings (SSSR count). The van der Waals surface area contributed by atoms with Gasteiger partial charge >= 0.3 is 6.18 Å². The largest absolute Gasteiger partial charge is 0.507 e. The molecular formula is C26H22F3NO5. The van der Waals surface area contributed by atoms with Gasteiger partial charge in [0.1, 0.15) is 29.1 Å². The van der Waals surface area contributed by atoms with Gasteiger partial charge in [-0.25, -0.2) is 0 Å². The molecule has 1 saturated heterocycles. The van der Waals surface area contributed by atoms with Crippen molar-refractivity contribution < 1.29 is 37.0 Å². The molecule has 1 N–H and O–H groups in total. The summed E-state index contributed by atoms with van der Waals surface area (Å²) in [5.41, 5.74) is -0.663. The van der Waals surface area contributed by atoms with Crippen LogP contribution in [0, 0.1) is 6.92 Å². The first-order valence-corrected chi connectivity index (χ1v) is 10.8. The van der Waals surface area contributed by atoms with Crippen molar-refractivity contribution in [3.63, 3.8) is 0 Å². The van der Waals surface area contributed by atoms with Gasteiger partial charge in [-0.05, 0) is 55.8 Å². The standard InChI is InChI=1S/C26H22F3NO5/c1-3-34-19-9-5-7-17(13-19)23(31)21-22(20-11-10-15(2)35-20)30(25(33)24(21)32)14-16-6-4-8-18(12-16)26(27,28)29/h4-13,22,31H,3,14H2,1-2H3/b23-21-. The summed E-state index contributed by atoms with van der Waals surface area (Å²) in [6.07, 6.45) is -4.56. The number of nitrogens with zero attached hydrogens (tertiary/aromatic N) is 1. The van der Waals surface area contributed by atoms with E-state index in [1.165, 1.54) is 18.2 Å². The second kappa shape index (κ2) is 9.32. The molecule has 1 atom stereocenters. The summed E-state index contributed by atoms with van der Waals surface area (Å²) in [7, 11) is 0. The number of ketones is 1. The van der Waals surface area contributed by atoms with Crippen LogP contribution in [0.5, 0.6) is 5.75 Å². The average molecular weight is 485 g/mol. The first-order valence-electron chi connectivity index (χ1n) is 10.8. The molecule has 6 nitrogen and oxygen atoms in total. The molecule has 2 heterocycles. The first-order chi connectivity index (χ1) is 16.6. The lowest BCUT2D eigenvalue weighted by molar-refractivity contribution is -0.140. The maximum atomic E-state index is 13.2. The lowest BCUT2D eigenvalue weighted by atomic mass is 9.99. The van der Waals surface area contributed by atoms with Crippen LogP contribution in [-0.2, 0) is 22.3 Å². The van der Waals surface area contributed by atoms with Gasteiger partial charge in [0.15, 0.2) is 0 Å². The van der Waals surface area contributed by atoms with Gasteiger partial charge in [0.25, 0.3) is 11.7 Å². The fourth-order valence-electron chi connectivity index (χ4n) is 4.04. The average Bonchev–Trinajstić information content (AvgIpc) is 3.35. The number of aliphatic hydroxyl groups is 1. The molecule has 1 fully saturated rings. The minimum Gasteiger partial charge on any atom is -0.507 e. The van der Waals surface area contributed by atoms with Gasteiger partial charge in [-0.15, -0.1) is 0 Å². The summed E-state index contributed by atoms with van der Waals surface area (Å²) in [5, 5.41) is 11.1. The Morgan fingerprint density at radius 3 is 2.49 bits per heavy atom. The number of furan rings is 1. The first kappa shape index (κ1) is 24.1. The summed E-state index contributed by atoms with van der Waals surface area (Å²) in [6, 6.07) is 13.0. The highest BCUT2D eigenvalue weighted by Gasteiger charge is 2.47. The van der Waals surface area contributed by atoms with Crippen LogP contribution in [-0.4, -0.2) is 28.3 Å². The smallest absolute Gasteiger partial charge is 0.416 e. The van der Waals surface area contributed by atoms with Crippen LogP contribution in [0.3, 0.4) is 0 Å². The normalized spacial score (nSPS) is 17.7. The zero-order valence-corrected chi connectivity index (χ0v) is 18.9. The third-order valence-corrected chi connectivity index (χ3v) is 5.60. The Morgan fingerprint density at radius 2 is 1.83 bits per heavy atom. The number of rotatable bonds is 6. The molecule has 1 aliphatic rings. The van der Waals surface area contributed by atoms with E-state index in [-0.39, 0.29) is 29.0 Å². The number of halogens is 3. The van der Waals surface area contributed by atoms with E-state index >= 15 is 0 Å². The number of hydrogen-bond donors (Lipinski definition) is 1. The van der Waals surface area contributed by atoms with E-state index in [1.807, 2.05) is 0 Å². The van der Waals surface area contributed by atoms with Gasteiger partial charge in [0.2, 0.25) is 0 Å². The topological polar surface area (TPSA) is 80.0 Å². The maximum Gasteiger partial charge on any atom is 0.416 e. The van der Waals surface area contributed by atoms with E-state index in [4.69, 9.17) is 9.15 Å². The summed E-state index contributed by atoms with van der Waals surface area (Å²) in [5.74, 6) is -1.19. The Bertz CT molecular complexity index is 1310. The van der Waals surface area contributed by atoms with Crippen LogP contribution in [0.25, 0.3) is 5.76 Å². The van der Waals surface area contributed by atoms with Crippen molar-refractivity contribution in [2.24, 2.45) is 0 Å². The number of hydrogen-bond acceptors (Lipinski definition) is 5. The van der Waals surface area contributed by atoms with Crippen molar-refractivity contribution in [3.05, 3.63) is 94.4 Å². The van der Waals surface area contributed by atoms with Crippen molar-refractivity contribution >= 4 is 17.4 Å². The Labute approximate surface area is 199 Å². The van der Waals surface area contributed by atoms with Gasteiger partial charge in [-0.1, -0.05) is 24.3 Å². The molecule has 0 radical (unpaired) electrons. The zero-order chi connectivity index (χ0) is 25.3. The second-order valence-electron chi connectivity index (χ2n) is 8.03. The van der Waals surface area contributed by atoms with Crippen LogP contribution in [0.1, 0.15) is 41.2 Å². The second-order valence-corrected chi connectivity index (χ2v) is 8.03. The number of carbonyl (C=O) groups excluding carboxylic acids is 2. The van der Waals surface area contributed by atoms with Crippen LogP contribution < -0.4 is 4.74 Å². The molecule has 3 aromatic rings. The number of likely N-dealkylation sites (tertiary alicyclic amines) is 1. The Kier molecular flexibility index (Phi) is 6.43. The van der Waals surface area contributed by atoms with Gasteiger partial charge < -0.3 is 19.2 Å². The Balaban J connectivity index is 1.81. The molecule has 2 aromatic carbocycles. The summed E-state index contributed by atoms with van der Waals surface area (Å²) in [4.78, 5) is 27.2. The van der Waals surface area contributed by atoms with Crippen molar-refractivity contribution in [2.45, 2.75) is 32.6 Å². The number of alkyl halides is 3. The molecule has 1 amide bonds. The number of ether oxygens (including phenoxy) is 1. The minimum absolute atomic E-state index is 0.174. The summed E-state index contributed by atoms with van der Waals surface area (Å²) >= 11 is 0. The summed E-state index contributed by atoms with van der Waals surface area (Å²) < 4.78 is 50.8. The summed E-state index contributed by atoms with van der Waals surface area (Å²) in [6.45, 7) is 3.56. The highest BCUT2D eigenvalue weighted by Crippen LogP contribution is 2.41. The quantitative estimate of drug-likeness (QED) is 0.278. The maximum absolute atomic E-state index is 13.2. The van der Waals surface area contributed by atoms with E-state index in [2.05, 4.69) is 0 Å². The lowest BCUT2D eigenvalue weighted by Gasteiger charge is -2.24. The van der Waals surface area contributed by atoms with E-state index < -0.39 is 35.2 Å². The molecule has 0 aliphatic carbocycles. The predicted octanol–water partition coefficient (Wildman–Crippen LogP) is 5.63. The third-order valence-electron chi connectivity index (χ3n) is 5.60. The molecule has 1 aliphatic heterocycles. The number of carbonyl (C=O) groups is 2. The fourth-order valence-corrected chi connectivity index (χ4v) is 4.04. The van der Waals surface area contributed by atoms with E-state index in [1.54, 1.807) is 44.2 Å². The SMILES string of the molecule is CCOc1cccc(/C(O)=C2/C(=O)C(=O)N(Cc3cccc(C(F)(F)F)c3)C2c2ccc(C)o2)c1. The molecule has 1 unspecified atom stereocenters. The number of amides is 1. The molecule has 182 valence electrons. The van der Waals surface area contributed by atoms with Gasteiger partial charge in [-0.3, -0.25) is 9.59 Å². The number of Topliss-reactive ketones (excluding diaryl/α,β-unsaturated/α-hetero) is 1. The Morgan fingerprint density at radius 1 is 1.09 bits per heavy atom. The number of aliphatic hydroxyl groups excluding tert-OH is 1. The van der Waals surface area contributed by atoms with E-state index in [9.17, 15) is 27.9 Å². The van der Waals surface area contributed by atoms with Crippen LogP contribution in [0.4, 0.5) is 13.2 Å².